The number of ether oxygens (including phenoxy) is 1. The molecular weight excluding hydrogens is 394 g/mol. The van der Waals surface area contributed by atoms with Gasteiger partial charge in [0.25, 0.3) is 11.8 Å². The molecule has 0 saturated heterocycles. The number of nitro benzene ring substituents is 1. The number of carbonyl (C=O) groups excluding carboxylic acids is 2. The highest BCUT2D eigenvalue weighted by Gasteiger charge is 2.22. The molecule has 0 saturated carbocycles. The third-order valence-electron chi connectivity index (χ3n) is 4.25. The molecule has 30 heavy (non-hydrogen) atoms. The smallest absolute Gasteiger partial charge is 0.311 e. The van der Waals surface area contributed by atoms with Crippen LogP contribution in [0.1, 0.15) is 26.4 Å². The molecule has 3 rings (SSSR count). The van der Waals surface area contributed by atoms with Gasteiger partial charge in [0.2, 0.25) is 0 Å². The van der Waals surface area contributed by atoms with Gasteiger partial charge in [0.05, 0.1) is 30.1 Å². The van der Waals surface area contributed by atoms with Crippen LogP contribution in [0.15, 0.2) is 36.8 Å². The number of hydrogen-bond acceptors (Lipinski definition) is 7. The summed E-state index contributed by atoms with van der Waals surface area (Å²) in [7, 11) is 4.63. The lowest BCUT2D eigenvalue weighted by Gasteiger charge is -2.09. The molecule has 2 amide bonds. The zero-order valence-corrected chi connectivity index (χ0v) is 16.4. The Morgan fingerprint density at radius 2 is 1.97 bits per heavy atom. The van der Waals surface area contributed by atoms with E-state index >= 15 is 0 Å². The van der Waals surface area contributed by atoms with Gasteiger partial charge in [-0.15, -0.1) is 0 Å². The number of methoxy groups -OCH3 is 1. The van der Waals surface area contributed by atoms with Crippen LogP contribution in [0.5, 0.6) is 5.75 Å². The summed E-state index contributed by atoms with van der Waals surface area (Å²) < 4.78 is 7.87. The molecule has 0 bridgehead atoms. The number of benzene rings is 1. The molecule has 2 N–H and O–H groups in total. The normalized spacial score (nSPS) is 10.5. The van der Waals surface area contributed by atoms with Gasteiger partial charge in [-0.05, 0) is 12.1 Å². The Morgan fingerprint density at radius 1 is 1.20 bits per heavy atom. The summed E-state index contributed by atoms with van der Waals surface area (Å²) >= 11 is 0. The first-order chi connectivity index (χ1) is 14.3. The third kappa shape index (κ3) is 4.27. The number of nitrogens with zero attached hydrogens (tertiary/aromatic N) is 5. The molecule has 0 aliphatic heterocycles. The quantitative estimate of drug-likeness (QED) is 0.438. The summed E-state index contributed by atoms with van der Waals surface area (Å²) in [6, 6.07) is 3.82. The zero-order chi connectivity index (χ0) is 21.8. The van der Waals surface area contributed by atoms with Crippen LogP contribution in [-0.4, -0.2) is 43.4 Å². The van der Waals surface area contributed by atoms with Gasteiger partial charge in [-0.25, -0.2) is 0 Å². The molecule has 0 spiro atoms. The van der Waals surface area contributed by atoms with Crippen LogP contribution in [0.3, 0.4) is 0 Å². The van der Waals surface area contributed by atoms with Crippen molar-refractivity contribution in [2.24, 2.45) is 14.1 Å². The largest absolute Gasteiger partial charge is 0.490 e. The predicted molar refractivity (Wildman–Crippen MR) is 105 cm³/mol. The van der Waals surface area contributed by atoms with E-state index in [2.05, 4.69) is 20.8 Å². The van der Waals surface area contributed by atoms with Gasteiger partial charge in [-0.1, -0.05) is 0 Å². The van der Waals surface area contributed by atoms with E-state index in [9.17, 15) is 19.7 Å². The number of hydrogen-bond donors (Lipinski definition) is 2. The molecule has 0 fully saturated rings. The van der Waals surface area contributed by atoms with E-state index < -0.39 is 16.7 Å². The van der Waals surface area contributed by atoms with E-state index in [0.29, 0.717) is 0 Å². The fourth-order valence-corrected chi connectivity index (χ4v) is 2.80. The SMILES string of the molecule is COc1ccc(C(=O)Nc2cnn(C)c2C(=O)NCc2cnn(C)c2)cc1[N+](=O)[O-]. The Bertz CT molecular complexity index is 1120. The summed E-state index contributed by atoms with van der Waals surface area (Å²) in [5.41, 5.74) is 0.808. The zero-order valence-electron chi connectivity index (χ0n) is 16.4. The Morgan fingerprint density at radius 3 is 2.60 bits per heavy atom. The molecule has 3 aromatic rings. The second kappa shape index (κ2) is 8.43. The number of nitrogens with one attached hydrogen (secondary N) is 2. The first kappa shape index (κ1) is 20.5. The van der Waals surface area contributed by atoms with E-state index in [1.165, 1.54) is 30.1 Å². The number of anilines is 1. The van der Waals surface area contributed by atoms with Gasteiger partial charge in [0.15, 0.2) is 5.75 Å². The van der Waals surface area contributed by atoms with Crippen molar-refractivity contribution in [3.63, 3.8) is 0 Å². The number of rotatable bonds is 7. The van der Waals surface area contributed by atoms with Gasteiger partial charge >= 0.3 is 5.69 Å². The van der Waals surface area contributed by atoms with Crippen molar-refractivity contribution >= 4 is 23.2 Å². The minimum Gasteiger partial charge on any atom is -0.490 e. The topological polar surface area (TPSA) is 146 Å². The first-order valence-corrected chi connectivity index (χ1v) is 8.71. The minimum absolute atomic E-state index is 0.0353. The molecule has 156 valence electrons. The number of amides is 2. The molecule has 2 heterocycles. The monoisotopic (exact) mass is 413 g/mol. The second-order valence-electron chi connectivity index (χ2n) is 6.33. The molecule has 0 atom stereocenters. The lowest BCUT2D eigenvalue weighted by Crippen LogP contribution is -2.26. The number of carbonyl (C=O) groups is 2. The summed E-state index contributed by atoms with van der Waals surface area (Å²) in [6.07, 6.45) is 4.72. The minimum atomic E-state index is -0.642. The van der Waals surface area contributed by atoms with Crippen molar-refractivity contribution in [2.75, 3.05) is 12.4 Å². The van der Waals surface area contributed by atoms with Crippen LogP contribution in [0, 0.1) is 10.1 Å². The predicted octanol–water partition coefficient (Wildman–Crippen LogP) is 1.25. The van der Waals surface area contributed by atoms with Crippen molar-refractivity contribution in [1.29, 1.82) is 0 Å². The molecule has 2 aromatic heterocycles. The van der Waals surface area contributed by atoms with Crippen molar-refractivity contribution in [3.8, 4) is 5.75 Å². The van der Waals surface area contributed by atoms with Gasteiger partial charge < -0.3 is 15.4 Å². The van der Waals surface area contributed by atoms with Gasteiger partial charge in [0, 0.05) is 44.0 Å². The van der Waals surface area contributed by atoms with E-state index in [1.807, 2.05) is 0 Å². The Hall–Kier alpha value is -4.22. The van der Waals surface area contributed by atoms with Crippen LogP contribution >= 0.6 is 0 Å². The van der Waals surface area contributed by atoms with Crippen molar-refractivity contribution < 1.29 is 19.2 Å². The van der Waals surface area contributed by atoms with Crippen LogP contribution < -0.4 is 15.4 Å². The number of aryl methyl sites for hydroxylation is 2. The summed E-state index contributed by atoms with van der Waals surface area (Å²) in [5, 5.41) is 24.5. The van der Waals surface area contributed by atoms with E-state index in [-0.39, 0.29) is 34.9 Å². The molecule has 0 radical (unpaired) electrons. The Labute approximate surface area is 170 Å². The average molecular weight is 413 g/mol. The highest BCUT2D eigenvalue weighted by Crippen LogP contribution is 2.28. The van der Waals surface area contributed by atoms with Gasteiger partial charge in [0.1, 0.15) is 5.69 Å². The van der Waals surface area contributed by atoms with E-state index in [4.69, 9.17) is 4.74 Å². The third-order valence-corrected chi connectivity index (χ3v) is 4.25. The maximum atomic E-state index is 12.6. The highest BCUT2D eigenvalue weighted by atomic mass is 16.6. The Kier molecular flexibility index (Phi) is 5.76. The molecule has 1 aromatic carbocycles. The van der Waals surface area contributed by atoms with Crippen LogP contribution in [-0.2, 0) is 20.6 Å². The summed E-state index contributed by atoms with van der Waals surface area (Å²) in [5.74, 6) is -1.04. The summed E-state index contributed by atoms with van der Waals surface area (Å²) in [6.45, 7) is 0.246. The average Bonchev–Trinajstić information content (AvgIpc) is 3.30. The lowest BCUT2D eigenvalue weighted by atomic mass is 10.1. The molecule has 0 aliphatic rings. The number of nitro groups is 1. The first-order valence-electron chi connectivity index (χ1n) is 8.71. The Balaban J connectivity index is 1.77. The fraction of sp³-hybridized carbons (Fsp3) is 0.222. The molecule has 0 aliphatic carbocycles. The molecular formula is C18H19N7O5. The van der Waals surface area contributed by atoms with Crippen LogP contribution in [0.2, 0.25) is 0 Å². The second-order valence-corrected chi connectivity index (χ2v) is 6.33. The van der Waals surface area contributed by atoms with Crippen LogP contribution in [0.25, 0.3) is 0 Å². The maximum Gasteiger partial charge on any atom is 0.311 e. The maximum absolute atomic E-state index is 12.6. The number of aromatic nitrogens is 4. The summed E-state index contributed by atoms with van der Waals surface area (Å²) in [4.78, 5) is 35.7. The van der Waals surface area contributed by atoms with E-state index in [0.717, 1.165) is 11.6 Å². The highest BCUT2D eigenvalue weighted by molar-refractivity contribution is 6.08. The molecule has 0 unspecified atom stereocenters. The molecule has 12 heteroatoms. The van der Waals surface area contributed by atoms with Crippen molar-refractivity contribution in [1.82, 2.24) is 24.9 Å². The van der Waals surface area contributed by atoms with Crippen molar-refractivity contribution in [2.45, 2.75) is 6.54 Å². The fourth-order valence-electron chi connectivity index (χ4n) is 2.80. The van der Waals surface area contributed by atoms with Crippen molar-refractivity contribution in [3.05, 3.63) is 63.7 Å². The van der Waals surface area contributed by atoms with Gasteiger partial charge in [-0.2, -0.15) is 10.2 Å². The van der Waals surface area contributed by atoms with Crippen LogP contribution in [0.4, 0.5) is 11.4 Å². The van der Waals surface area contributed by atoms with Gasteiger partial charge in [-0.3, -0.25) is 29.1 Å². The standard InChI is InChI=1S/C18H19N7O5/c1-23-10-11(8-20-23)7-19-18(27)16-13(9-21-24(16)2)22-17(26)12-4-5-15(30-3)14(6-12)25(28)29/h4-6,8-10H,7H2,1-3H3,(H,19,27)(H,22,26). The lowest BCUT2D eigenvalue weighted by molar-refractivity contribution is -0.385. The molecule has 12 nitrogen and oxygen atoms in total. The van der Waals surface area contributed by atoms with E-state index in [1.54, 1.807) is 31.2 Å².